The summed E-state index contributed by atoms with van der Waals surface area (Å²) >= 11 is 0. The number of hydrogen-bond acceptors (Lipinski definition) is 6. The highest BCUT2D eigenvalue weighted by molar-refractivity contribution is 5.89. The standard InChI is InChI=1S/C32H29N3O5/c1-22-32(39-21-23-8-4-2-5-9-23)28(36)14-16-35(22)17-15-33-30(37)18-24-19-31(38)40-29-20-26(12-13-27(24)29)34-25-10-6-3-7-11-25/h2-14,16,19-20,34H,15,17-18,21H2,1H3,(H,33,37). The quantitative estimate of drug-likeness (QED) is 0.246. The van der Waals surface area contributed by atoms with E-state index in [9.17, 15) is 14.4 Å². The fourth-order valence-electron chi connectivity index (χ4n) is 4.49. The van der Waals surface area contributed by atoms with E-state index in [0.717, 1.165) is 16.9 Å². The molecule has 2 N–H and O–H groups in total. The van der Waals surface area contributed by atoms with Crippen LogP contribution in [0.1, 0.15) is 16.8 Å². The Labute approximate surface area is 230 Å². The van der Waals surface area contributed by atoms with Gasteiger partial charge in [0.2, 0.25) is 11.3 Å². The molecule has 0 fully saturated rings. The molecule has 8 heteroatoms. The van der Waals surface area contributed by atoms with E-state index in [4.69, 9.17) is 9.15 Å². The summed E-state index contributed by atoms with van der Waals surface area (Å²) < 4.78 is 13.1. The van der Waals surface area contributed by atoms with Gasteiger partial charge in [0.25, 0.3) is 0 Å². The molecule has 40 heavy (non-hydrogen) atoms. The monoisotopic (exact) mass is 535 g/mol. The minimum atomic E-state index is -0.515. The van der Waals surface area contributed by atoms with Crippen LogP contribution in [-0.4, -0.2) is 17.0 Å². The fraction of sp³-hybridized carbons (Fsp3) is 0.156. The second-order valence-corrected chi connectivity index (χ2v) is 9.38. The largest absolute Gasteiger partial charge is 0.483 e. The molecule has 0 aliphatic heterocycles. The maximum atomic E-state index is 12.8. The molecule has 0 saturated heterocycles. The summed E-state index contributed by atoms with van der Waals surface area (Å²) in [5, 5.41) is 6.88. The van der Waals surface area contributed by atoms with Crippen molar-refractivity contribution in [1.29, 1.82) is 0 Å². The molecule has 0 bridgehead atoms. The summed E-state index contributed by atoms with van der Waals surface area (Å²) in [6.45, 7) is 2.90. The zero-order chi connectivity index (χ0) is 27.9. The van der Waals surface area contributed by atoms with E-state index in [1.807, 2.05) is 84.3 Å². The van der Waals surface area contributed by atoms with Gasteiger partial charge in [-0.25, -0.2) is 4.79 Å². The molecule has 0 saturated carbocycles. The Morgan fingerprint density at radius 2 is 1.65 bits per heavy atom. The zero-order valence-electron chi connectivity index (χ0n) is 22.1. The number of carbonyl (C=O) groups is 1. The highest BCUT2D eigenvalue weighted by Gasteiger charge is 2.12. The van der Waals surface area contributed by atoms with Gasteiger partial charge in [-0.05, 0) is 42.3 Å². The lowest BCUT2D eigenvalue weighted by Crippen LogP contribution is -2.29. The summed E-state index contributed by atoms with van der Waals surface area (Å²) in [7, 11) is 0. The summed E-state index contributed by atoms with van der Waals surface area (Å²) in [6.07, 6.45) is 1.72. The number of ether oxygens (including phenoxy) is 1. The molecule has 0 aliphatic carbocycles. The van der Waals surface area contributed by atoms with Gasteiger partial charge in [-0.3, -0.25) is 9.59 Å². The number of amides is 1. The number of anilines is 2. The van der Waals surface area contributed by atoms with Gasteiger partial charge in [0.15, 0.2) is 5.75 Å². The van der Waals surface area contributed by atoms with Crippen molar-refractivity contribution >= 4 is 28.3 Å². The average Bonchev–Trinajstić information content (AvgIpc) is 2.95. The molecule has 8 nitrogen and oxygen atoms in total. The number of carbonyl (C=O) groups excluding carboxylic acids is 1. The molecule has 0 unspecified atom stereocenters. The predicted octanol–water partition coefficient (Wildman–Crippen LogP) is 4.94. The Morgan fingerprint density at radius 1 is 0.900 bits per heavy atom. The van der Waals surface area contributed by atoms with E-state index < -0.39 is 5.63 Å². The number of pyridine rings is 1. The van der Waals surface area contributed by atoms with E-state index in [2.05, 4.69) is 10.6 Å². The van der Waals surface area contributed by atoms with Gasteiger partial charge in [0, 0.05) is 54.2 Å². The van der Waals surface area contributed by atoms with Gasteiger partial charge in [0.1, 0.15) is 12.2 Å². The van der Waals surface area contributed by atoms with Crippen LogP contribution in [0.15, 0.2) is 111 Å². The van der Waals surface area contributed by atoms with Gasteiger partial charge in [-0.15, -0.1) is 0 Å². The number of benzene rings is 3. The minimum absolute atomic E-state index is 0.0299. The zero-order valence-corrected chi connectivity index (χ0v) is 22.1. The van der Waals surface area contributed by atoms with Crippen LogP contribution in [0.2, 0.25) is 0 Å². The van der Waals surface area contributed by atoms with Gasteiger partial charge in [-0.2, -0.15) is 0 Å². The molecule has 202 valence electrons. The van der Waals surface area contributed by atoms with E-state index in [0.29, 0.717) is 47.7 Å². The first-order valence-electron chi connectivity index (χ1n) is 13.0. The number of fused-ring (bicyclic) bond motifs is 1. The number of nitrogens with one attached hydrogen (secondary N) is 2. The van der Waals surface area contributed by atoms with Gasteiger partial charge >= 0.3 is 5.63 Å². The number of rotatable bonds is 10. The van der Waals surface area contributed by atoms with Crippen LogP contribution < -0.4 is 26.4 Å². The lowest BCUT2D eigenvalue weighted by Gasteiger charge is -2.15. The first-order chi connectivity index (χ1) is 19.5. The smallest absolute Gasteiger partial charge is 0.336 e. The number of nitrogens with zero attached hydrogens (tertiary/aromatic N) is 1. The van der Waals surface area contributed by atoms with Gasteiger partial charge in [-0.1, -0.05) is 48.5 Å². The maximum absolute atomic E-state index is 12.8. The van der Waals surface area contributed by atoms with Crippen molar-refractivity contribution in [1.82, 2.24) is 9.88 Å². The molecular weight excluding hydrogens is 506 g/mol. The SMILES string of the molecule is Cc1c(OCc2ccccc2)c(=O)ccn1CCNC(=O)Cc1cc(=O)oc2cc(Nc3ccccc3)ccc12. The topological polar surface area (TPSA) is 103 Å². The molecule has 1 amide bonds. The molecule has 2 heterocycles. The lowest BCUT2D eigenvalue weighted by molar-refractivity contribution is -0.120. The molecule has 5 rings (SSSR count). The molecule has 3 aromatic carbocycles. The molecule has 0 aliphatic rings. The highest BCUT2D eigenvalue weighted by atomic mass is 16.5. The fourth-order valence-corrected chi connectivity index (χ4v) is 4.49. The predicted molar refractivity (Wildman–Crippen MR) is 155 cm³/mol. The van der Waals surface area contributed by atoms with Crippen LogP contribution in [0.25, 0.3) is 11.0 Å². The first kappa shape index (κ1) is 26.5. The van der Waals surface area contributed by atoms with E-state index in [1.165, 1.54) is 12.1 Å². The third-order valence-corrected chi connectivity index (χ3v) is 6.53. The van der Waals surface area contributed by atoms with Crippen molar-refractivity contribution in [3.8, 4) is 5.75 Å². The third-order valence-electron chi connectivity index (χ3n) is 6.53. The number of para-hydroxylation sites is 1. The van der Waals surface area contributed by atoms with E-state index in [-0.39, 0.29) is 17.8 Å². The molecule has 0 radical (unpaired) electrons. The second kappa shape index (κ2) is 12.2. The highest BCUT2D eigenvalue weighted by Crippen LogP contribution is 2.24. The van der Waals surface area contributed by atoms with Gasteiger partial charge in [0.05, 0.1) is 12.1 Å². The van der Waals surface area contributed by atoms with Crippen LogP contribution in [0.5, 0.6) is 5.75 Å². The maximum Gasteiger partial charge on any atom is 0.336 e. The lowest BCUT2D eigenvalue weighted by atomic mass is 10.1. The van der Waals surface area contributed by atoms with Crippen molar-refractivity contribution in [2.24, 2.45) is 0 Å². The molecule has 0 spiro atoms. The summed E-state index contributed by atoms with van der Waals surface area (Å²) in [5.41, 5.74) is 3.62. The van der Waals surface area contributed by atoms with Crippen LogP contribution >= 0.6 is 0 Å². The Morgan fingerprint density at radius 3 is 2.42 bits per heavy atom. The van der Waals surface area contributed by atoms with E-state index in [1.54, 1.807) is 12.3 Å². The average molecular weight is 536 g/mol. The second-order valence-electron chi connectivity index (χ2n) is 9.38. The van der Waals surface area contributed by atoms with Crippen LogP contribution in [0.3, 0.4) is 0 Å². The van der Waals surface area contributed by atoms with Crippen LogP contribution in [-0.2, 0) is 24.4 Å². The van der Waals surface area contributed by atoms with E-state index >= 15 is 0 Å². The van der Waals surface area contributed by atoms with Crippen molar-refractivity contribution < 1.29 is 13.9 Å². The minimum Gasteiger partial charge on any atom is -0.483 e. The summed E-state index contributed by atoms with van der Waals surface area (Å²) in [6, 6.07) is 27.6. The first-order valence-corrected chi connectivity index (χ1v) is 13.0. The van der Waals surface area contributed by atoms with Crippen molar-refractivity contribution in [3.05, 3.63) is 135 Å². The Kier molecular flexibility index (Phi) is 8.06. The van der Waals surface area contributed by atoms with Crippen molar-refractivity contribution in [2.45, 2.75) is 26.5 Å². The number of hydrogen-bond donors (Lipinski definition) is 2. The van der Waals surface area contributed by atoms with Crippen molar-refractivity contribution in [3.63, 3.8) is 0 Å². The Hall–Kier alpha value is -5.11. The van der Waals surface area contributed by atoms with Crippen LogP contribution in [0.4, 0.5) is 11.4 Å². The van der Waals surface area contributed by atoms with Gasteiger partial charge < -0.3 is 24.4 Å². The summed E-state index contributed by atoms with van der Waals surface area (Å²) in [5.74, 6) is 0.0684. The number of aromatic nitrogens is 1. The third kappa shape index (κ3) is 6.47. The summed E-state index contributed by atoms with van der Waals surface area (Å²) in [4.78, 5) is 37.4. The van der Waals surface area contributed by atoms with Crippen molar-refractivity contribution in [2.75, 3.05) is 11.9 Å². The Balaban J connectivity index is 1.22. The van der Waals surface area contributed by atoms with Crippen LogP contribution in [0, 0.1) is 6.92 Å². The Bertz CT molecular complexity index is 1740. The normalized spacial score (nSPS) is 10.8. The molecule has 2 aromatic heterocycles. The molecule has 5 aromatic rings. The molecule has 0 atom stereocenters. The molecular formula is C32H29N3O5.